The first kappa shape index (κ1) is 8.23. The van der Waals surface area contributed by atoms with Gasteiger partial charge in [0.25, 0.3) is 0 Å². The second-order valence-electron chi connectivity index (χ2n) is 1.03. The molecule has 0 aromatic carbocycles. The molecule has 50 valence electrons. The van der Waals surface area contributed by atoms with Crippen molar-refractivity contribution >= 4 is 8.60 Å². The normalized spacial score (nSPS) is 10.5. The van der Waals surface area contributed by atoms with E-state index in [9.17, 15) is 0 Å². The maximum absolute atomic E-state index is 8.07. The Labute approximate surface area is 48.4 Å². The van der Waals surface area contributed by atoms with Gasteiger partial charge in [-0.05, 0) is 0 Å². The fourth-order valence-electron chi connectivity index (χ4n) is 0.162. The number of rotatable bonds is 4. The average molecular weight is 140 g/mol. The van der Waals surface area contributed by atoms with Gasteiger partial charge in [0, 0.05) is 13.1 Å². The van der Waals surface area contributed by atoms with Crippen LogP contribution in [0.25, 0.3) is 0 Å². The Morgan fingerprint density at radius 2 is 2.25 bits per heavy atom. The molecule has 0 unspecified atom stereocenters. The van der Waals surface area contributed by atoms with Gasteiger partial charge in [-0.15, -0.1) is 0 Å². The Morgan fingerprint density at radius 3 is 2.62 bits per heavy atom. The molecule has 0 saturated carbocycles. The van der Waals surface area contributed by atoms with Gasteiger partial charge in [0.2, 0.25) is 0 Å². The largest absolute Gasteiger partial charge is 0.345 e. The highest BCUT2D eigenvalue weighted by Crippen LogP contribution is 2.20. The molecule has 5 nitrogen and oxygen atoms in total. The molecule has 6 heteroatoms. The van der Waals surface area contributed by atoms with Gasteiger partial charge in [0.15, 0.2) is 0 Å². The predicted octanol–water partition coefficient (Wildman–Crippen LogP) is -1.32. The van der Waals surface area contributed by atoms with Gasteiger partial charge >= 0.3 is 8.60 Å². The third kappa shape index (κ3) is 6.23. The Morgan fingerprint density at radius 1 is 1.62 bits per heavy atom. The lowest BCUT2D eigenvalue weighted by atomic mass is 10.7. The molecule has 0 bridgehead atoms. The van der Waals surface area contributed by atoms with Gasteiger partial charge in [0.1, 0.15) is 0 Å². The van der Waals surface area contributed by atoms with Crippen LogP contribution in [0, 0.1) is 0 Å². The van der Waals surface area contributed by atoms with Gasteiger partial charge in [-0.1, -0.05) is 0 Å². The zero-order valence-electron chi connectivity index (χ0n) is 4.24. The lowest BCUT2D eigenvalue weighted by Crippen LogP contribution is -2.20. The van der Waals surface area contributed by atoms with Crippen molar-refractivity contribution in [2.75, 3.05) is 13.1 Å². The maximum atomic E-state index is 8.07. The molecule has 0 aliphatic carbocycles. The van der Waals surface area contributed by atoms with Crippen molar-refractivity contribution in [1.29, 1.82) is 0 Å². The van der Waals surface area contributed by atoms with E-state index in [4.69, 9.17) is 15.5 Å². The minimum Gasteiger partial charge on any atom is -0.329 e. The van der Waals surface area contributed by atoms with Crippen molar-refractivity contribution in [3.8, 4) is 0 Å². The summed E-state index contributed by atoms with van der Waals surface area (Å²) in [5.41, 5.74) is 7.25. The van der Waals surface area contributed by atoms with Gasteiger partial charge in [-0.2, -0.15) is 5.48 Å². The van der Waals surface area contributed by atoms with Crippen LogP contribution in [0.3, 0.4) is 0 Å². The highest BCUT2D eigenvalue weighted by atomic mass is 31.2. The van der Waals surface area contributed by atoms with Gasteiger partial charge < -0.3 is 15.5 Å². The van der Waals surface area contributed by atoms with Crippen LogP contribution in [0.4, 0.5) is 0 Å². The van der Waals surface area contributed by atoms with Crippen LogP contribution in [-0.4, -0.2) is 22.9 Å². The Bertz CT molecular complexity index is 52.5. The molecular formula is C2H9N2O3P. The molecule has 8 heavy (non-hydrogen) atoms. The van der Waals surface area contributed by atoms with Gasteiger partial charge in [-0.25, -0.2) is 4.62 Å². The molecule has 0 aromatic heterocycles. The molecule has 0 fully saturated rings. The van der Waals surface area contributed by atoms with Gasteiger partial charge in [0.05, 0.1) is 0 Å². The summed E-state index contributed by atoms with van der Waals surface area (Å²) < 4.78 is 4.13. The van der Waals surface area contributed by atoms with E-state index in [0.29, 0.717) is 13.1 Å². The topological polar surface area (TPSA) is 87.7 Å². The van der Waals surface area contributed by atoms with Crippen molar-refractivity contribution < 1.29 is 14.4 Å². The molecule has 0 heterocycles. The van der Waals surface area contributed by atoms with Crippen LogP contribution in [0.5, 0.6) is 0 Å². The van der Waals surface area contributed by atoms with Crippen molar-refractivity contribution in [3.05, 3.63) is 0 Å². The minimum absolute atomic E-state index is 0.406. The molecule has 0 aliphatic rings. The van der Waals surface area contributed by atoms with E-state index in [2.05, 4.69) is 10.1 Å². The van der Waals surface area contributed by atoms with Crippen LogP contribution in [-0.2, 0) is 4.62 Å². The summed E-state index contributed by atoms with van der Waals surface area (Å²) >= 11 is 0. The SMILES string of the molecule is NCCNOP(O)O. The smallest absolute Gasteiger partial charge is 0.329 e. The van der Waals surface area contributed by atoms with Crippen molar-refractivity contribution in [2.24, 2.45) is 5.73 Å². The first-order valence-electron chi connectivity index (χ1n) is 2.05. The quantitative estimate of drug-likeness (QED) is 0.221. The average Bonchev–Trinajstić information content (AvgIpc) is 1.66. The molecule has 0 amide bonds. The first-order chi connectivity index (χ1) is 3.77. The van der Waals surface area contributed by atoms with E-state index in [1.807, 2.05) is 0 Å². The molecule has 0 spiro atoms. The standard InChI is InChI=1S/C2H9N2O3P/c3-1-2-4-7-8(5)6/h4-6H,1-3H2. The lowest BCUT2D eigenvalue weighted by Gasteiger charge is -2.01. The number of hydroxylamine groups is 1. The summed E-state index contributed by atoms with van der Waals surface area (Å²) in [6.45, 7) is 0.823. The van der Waals surface area contributed by atoms with Gasteiger partial charge in [-0.3, -0.25) is 0 Å². The fraction of sp³-hybridized carbons (Fsp3) is 1.00. The highest BCUT2D eigenvalue weighted by molar-refractivity contribution is 7.39. The number of nitrogens with one attached hydrogen (secondary N) is 1. The minimum atomic E-state index is -2.28. The third-order valence-corrected chi connectivity index (χ3v) is 0.685. The number of nitrogens with two attached hydrogens (primary N) is 1. The van der Waals surface area contributed by atoms with Crippen molar-refractivity contribution in [2.45, 2.75) is 0 Å². The molecular weight excluding hydrogens is 131 g/mol. The number of hydrogen-bond donors (Lipinski definition) is 4. The summed E-state index contributed by atoms with van der Waals surface area (Å²) in [5.74, 6) is 0. The van der Waals surface area contributed by atoms with Crippen molar-refractivity contribution in [1.82, 2.24) is 5.48 Å². The molecule has 0 radical (unpaired) electrons. The zero-order valence-corrected chi connectivity index (χ0v) is 5.14. The predicted molar refractivity (Wildman–Crippen MR) is 29.5 cm³/mol. The highest BCUT2D eigenvalue weighted by Gasteiger charge is 1.94. The van der Waals surface area contributed by atoms with E-state index in [0.717, 1.165) is 0 Å². The van der Waals surface area contributed by atoms with E-state index >= 15 is 0 Å². The Balaban J connectivity index is 2.72. The second kappa shape index (κ2) is 5.37. The summed E-state index contributed by atoms with van der Waals surface area (Å²) in [5, 5.41) is 0. The molecule has 0 rings (SSSR count). The van der Waals surface area contributed by atoms with E-state index in [1.165, 1.54) is 0 Å². The Kier molecular flexibility index (Phi) is 5.52. The fourth-order valence-corrected chi connectivity index (χ4v) is 0.369. The summed E-state index contributed by atoms with van der Waals surface area (Å²) in [6, 6.07) is 0. The Hall–Kier alpha value is 0.230. The van der Waals surface area contributed by atoms with E-state index in [1.54, 1.807) is 0 Å². The van der Waals surface area contributed by atoms with E-state index in [-0.39, 0.29) is 0 Å². The first-order valence-corrected chi connectivity index (χ1v) is 3.21. The lowest BCUT2D eigenvalue weighted by molar-refractivity contribution is 0.166. The monoisotopic (exact) mass is 140 g/mol. The molecule has 0 aromatic rings. The third-order valence-electron chi connectivity index (χ3n) is 0.393. The molecule has 0 atom stereocenters. The number of hydrogen-bond acceptors (Lipinski definition) is 5. The zero-order chi connectivity index (χ0) is 6.41. The summed E-state index contributed by atoms with van der Waals surface area (Å²) in [4.78, 5) is 16.1. The summed E-state index contributed by atoms with van der Waals surface area (Å²) in [6.07, 6.45) is 0. The van der Waals surface area contributed by atoms with Crippen LogP contribution >= 0.6 is 8.60 Å². The van der Waals surface area contributed by atoms with Crippen LogP contribution in [0.15, 0.2) is 0 Å². The molecule has 5 N–H and O–H groups in total. The van der Waals surface area contributed by atoms with E-state index < -0.39 is 8.60 Å². The van der Waals surface area contributed by atoms with Crippen molar-refractivity contribution in [3.63, 3.8) is 0 Å². The van der Waals surface area contributed by atoms with Crippen LogP contribution in [0.1, 0.15) is 0 Å². The summed E-state index contributed by atoms with van der Waals surface area (Å²) in [7, 11) is -2.28. The molecule has 0 saturated heterocycles. The second-order valence-corrected chi connectivity index (χ2v) is 1.72. The van der Waals surface area contributed by atoms with Crippen LogP contribution in [0.2, 0.25) is 0 Å². The van der Waals surface area contributed by atoms with Crippen LogP contribution < -0.4 is 11.2 Å². The molecule has 0 aliphatic heterocycles. The maximum Gasteiger partial charge on any atom is 0.345 e.